The van der Waals surface area contributed by atoms with Crippen LogP contribution in [0.3, 0.4) is 0 Å². The Morgan fingerprint density at radius 3 is 2.56 bits per heavy atom. The van der Waals surface area contributed by atoms with E-state index in [1.54, 1.807) is 17.8 Å². The first-order valence-corrected chi connectivity index (χ1v) is 9.34. The molecular weight excluding hydrogens is 337 g/mol. The molecule has 0 bridgehead atoms. The Bertz CT molecular complexity index is 916. The zero-order chi connectivity index (χ0) is 18.0. The number of fused-ring (bicyclic) bond motifs is 1. The van der Waals surface area contributed by atoms with Crippen molar-refractivity contribution in [2.24, 2.45) is 0 Å². The number of thioether (sulfide) groups is 1. The van der Waals surface area contributed by atoms with Crippen LogP contribution < -0.4 is 0 Å². The van der Waals surface area contributed by atoms with Crippen molar-refractivity contribution >= 4 is 28.6 Å². The fraction of sp³-hybridized carbons (Fsp3) is 0.250. The summed E-state index contributed by atoms with van der Waals surface area (Å²) < 4.78 is 15.8. The highest BCUT2D eigenvalue weighted by atomic mass is 32.2. The fourth-order valence-corrected chi connectivity index (χ4v) is 3.60. The molecule has 0 aliphatic carbocycles. The first-order chi connectivity index (χ1) is 12.0. The number of carbonyl (C=O) groups is 1. The number of hydrogen-bond acceptors (Lipinski definition) is 2. The number of halogens is 1. The SMILES string of the molecule is CSc1ccc(Cn2c(CCC(=O)O)c(C)c3cc(F)ccc32)cc1. The van der Waals surface area contributed by atoms with Gasteiger partial charge in [0, 0.05) is 28.0 Å². The van der Waals surface area contributed by atoms with Crippen LogP contribution in [0.15, 0.2) is 47.4 Å². The van der Waals surface area contributed by atoms with E-state index < -0.39 is 5.97 Å². The number of aromatic nitrogens is 1. The van der Waals surface area contributed by atoms with Crippen LogP contribution in [0.4, 0.5) is 4.39 Å². The molecule has 25 heavy (non-hydrogen) atoms. The van der Waals surface area contributed by atoms with Crippen LogP contribution in [0, 0.1) is 12.7 Å². The third-order valence-corrected chi connectivity index (χ3v) is 5.23. The van der Waals surface area contributed by atoms with E-state index in [1.165, 1.54) is 17.0 Å². The van der Waals surface area contributed by atoms with Crippen LogP contribution in [0.5, 0.6) is 0 Å². The van der Waals surface area contributed by atoms with Crippen LogP contribution in [-0.4, -0.2) is 21.9 Å². The highest BCUT2D eigenvalue weighted by Gasteiger charge is 2.16. The van der Waals surface area contributed by atoms with E-state index in [2.05, 4.69) is 28.8 Å². The number of nitrogens with zero attached hydrogens (tertiary/aromatic N) is 1. The lowest BCUT2D eigenvalue weighted by Gasteiger charge is -2.12. The molecule has 5 heteroatoms. The Morgan fingerprint density at radius 1 is 1.20 bits per heavy atom. The summed E-state index contributed by atoms with van der Waals surface area (Å²) in [6.45, 7) is 2.58. The highest BCUT2D eigenvalue weighted by Crippen LogP contribution is 2.28. The monoisotopic (exact) mass is 357 g/mol. The zero-order valence-electron chi connectivity index (χ0n) is 14.3. The quantitative estimate of drug-likeness (QED) is 0.640. The summed E-state index contributed by atoms with van der Waals surface area (Å²) in [5, 5.41) is 9.90. The van der Waals surface area contributed by atoms with Gasteiger partial charge in [0.15, 0.2) is 0 Å². The van der Waals surface area contributed by atoms with Crippen molar-refractivity contribution in [2.45, 2.75) is 31.2 Å². The Kier molecular flexibility index (Phi) is 5.13. The molecule has 0 aliphatic heterocycles. The average Bonchev–Trinajstić information content (AvgIpc) is 2.85. The molecule has 0 saturated heterocycles. The van der Waals surface area contributed by atoms with Gasteiger partial charge in [0.25, 0.3) is 0 Å². The zero-order valence-corrected chi connectivity index (χ0v) is 15.1. The smallest absolute Gasteiger partial charge is 0.303 e. The van der Waals surface area contributed by atoms with Gasteiger partial charge in [-0.05, 0) is 61.1 Å². The van der Waals surface area contributed by atoms with Crippen LogP contribution in [-0.2, 0) is 17.8 Å². The maximum absolute atomic E-state index is 13.7. The predicted molar refractivity (Wildman–Crippen MR) is 99.9 cm³/mol. The van der Waals surface area contributed by atoms with E-state index in [0.717, 1.165) is 27.7 Å². The molecule has 2 aromatic carbocycles. The van der Waals surface area contributed by atoms with Crippen LogP contribution in [0.25, 0.3) is 10.9 Å². The van der Waals surface area contributed by atoms with Gasteiger partial charge in [0.05, 0.1) is 6.42 Å². The van der Waals surface area contributed by atoms with Gasteiger partial charge in [-0.3, -0.25) is 4.79 Å². The van der Waals surface area contributed by atoms with Gasteiger partial charge < -0.3 is 9.67 Å². The molecule has 3 nitrogen and oxygen atoms in total. The Morgan fingerprint density at radius 2 is 1.92 bits per heavy atom. The molecule has 1 N–H and O–H groups in total. The summed E-state index contributed by atoms with van der Waals surface area (Å²) in [5.74, 6) is -1.10. The normalized spacial score (nSPS) is 11.2. The third kappa shape index (κ3) is 3.71. The molecule has 0 unspecified atom stereocenters. The van der Waals surface area contributed by atoms with Crippen LogP contribution in [0.1, 0.15) is 23.2 Å². The molecule has 0 amide bonds. The Balaban J connectivity index is 2.06. The van der Waals surface area contributed by atoms with Crippen LogP contribution >= 0.6 is 11.8 Å². The minimum atomic E-state index is -0.827. The Labute approximate surface area is 150 Å². The number of hydrogen-bond donors (Lipinski definition) is 1. The molecule has 0 radical (unpaired) electrons. The maximum atomic E-state index is 13.7. The molecule has 0 atom stereocenters. The van der Waals surface area contributed by atoms with Crippen molar-refractivity contribution in [3.63, 3.8) is 0 Å². The molecule has 0 fully saturated rings. The Hall–Kier alpha value is -2.27. The van der Waals surface area contributed by atoms with Gasteiger partial charge in [-0.2, -0.15) is 0 Å². The number of carboxylic acid groups (broad SMARTS) is 1. The predicted octanol–water partition coefficient (Wildman–Crippen LogP) is 4.88. The van der Waals surface area contributed by atoms with E-state index in [0.29, 0.717) is 13.0 Å². The van der Waals surface area contributed by atoms with Gasteiger partial charge in [-0.25, -0.2) is 4.39 Å². The summed E-state index contributed by atoms with van der Waals surface area (Å²) in [6.07, 6.45) is 2.53. The largest absolute Gasteiger partial charge is 0.481 e. The molecule has 3 aromatic rings. The molecular formula is C20H20FNO2S. The molecule has 130 valence electrons. The summed E-state index contributed by atoms with van der Waals surface area (Å²) >= 11 is 1.69. The van der Waals surface area contributed by atoms with Crippen molar-refractivity contribution in [1.29, 1.82) is 0 Å². The van der Waals surface area contributed by atoms with Gasteiger partial charge in [-0.1, -0.05) is 12.1 Å². The van der Waals surface area contributed by atoms with Crippen molar-refractivity contribution < 1.29 is 14.3 Å². The third-order valence-electron chi connectivity index (χ3n) is 4.49. The lowest BCUT2D eigenvalue weighted by Crippen LogP contribution is -2.07. The topological polar surface area (TPSA) is 42.2 Å². The molecule has 0 spiro atoms. The lowest BCUT2D eigenvalue weighted by atomic mass is 10.1. The average molecular weight is 357 g/mol. The van der Waals surface area contributed by atoms with Crippen molar-refractivity contribution in [3.05, 3.63) is 65.1 Å². The lowest BCUT2D eigenvalue weighted by molar-refractivity contribution is -0.136. The molecule has 0 saturated carbocycles. The first kappa shape index (κ1) is 17.5. The molecule has 3 rings (SSSR count). The van der Waals surface area contributed by atoms with E-state index in [9.17, 15) is 9.18 Å². The second kappa shape index (κ2) is 7.31. The number of carboxylic acids is 1. The van der Waals surface area contributed by atoms with Crippen molar-refractivity contribution in [3.8, 4) is 0 Å². The highest BCUT2D eigenvalue weighted by molar-refractivity contribution is 7.98. The number of benzene rings is 2. The minimum Gasteiger partial charge on any atom is -0.481 e. The van der Waals surface area contributed by atoms with Gasteiger partial charge in [-0.15, -0.1) is 11.8 Å². The molecule has 0 aliphatic rings. The van der Waals surface area contributed by atoms with Crippen molar-refractivity contribution in [2.75, 3.05) is 6.26 Å². The standard InChI is InChI=1S/C20H20FNO2S/c1-13-17-11-15(21)5-8-19(17)22(18(13)9-10-20(23)24)12-14-3-6-16(25-2)7-4-14/h3-8,11H,9-10,12H2,1-2H3,(H,23,24). The number of aliphatic carboxylic acids is 1. The van der Waals surface area contributed by atoms with Gasteiger partial charge in [0.1, 0.15) is 5.82 Å². The van der Waals surface area contributed by atoms with Gasteiger partial charge >= 0.3 is 5.97 Å². The van der Waals surface area contributed by atoms with Gasteiger partial charge in [0.2, 0.25) is 0 Å². The maximum Gasteiger partial charge on any atom is 0.303 e. The summed E-state index contributed by atoms with van der Waals surface area (Å²) in [6, 6.07) is 13.1. The summed E-state index contributed by atoms with van der Waals surface area (Å²) in [7, 11) is 0. The fourth-order valence-electron chi connectivity index (χ4n) is 3.19. The van der Waals surface area contributed by atoms with Crippen LogP contribution in [0.2, 0.25) is 0 Å². The summed E-state index contributed by atoms with van der Waals surface area (Å²) in [5.41, 5.74) is 3.98. The van der Waals surface area contributed by atoms with E-state index in [-0.39, 0.29) is 12.2 Å². The number of aryl methyl sites for hydroxylation is 1. The second-order valence-electron chi connectivity index (χ2n) is 6.06. The minimum absolute atomic E-state index is 0.0606. The molecule has 1 aromatic heterocycles. The van der Waals surface area contributed by atoms with Crippen molar-refractivity contribution in [1.82, 2.24) is 4.57 Å². The summed E-state index contributed by atoms with van der Waals surface area (Å²) in [4.78, 5) is 12.2. The van der Waals surface area contributed by atoms with E-state index in [4.69, 9.17) is 5.11 Å². The van der Waals surface area contributed by atoms with E-state index in [1.807, 2.05) is 13.2 Å². The number of rotatable bonds is 6. The van der Waals surface area contributed by atoms with E-state index >= 15 is 0 Å². The first-order valence-electron chi connectivity index (χ1n) is 8.11. The molecule has 1 heterocycles. The second-order valence-corrected chi connectivity index (χ2v) is 6.94.